The van der Waals surface area contributed by atoms with Crippen molar-refractivity contribution in [2.45, 2.75) is 51.6 Å². The van der Waals surface area contributed by atoms with Gasteiger partial charge >= 0.3 is 6.03 Å². The molecule has 16 heavy (non-hydrogen) atoms. The molecule has 1 aliphatic rings. The maximum atomic E-state index is 11.6. The van der Waals surface area contributed by atoms with Crippen molar-refractivity contribution < 1.29 is 4.79 Å². The molecule has 2 amide bonds. The third kappa shape index (κ3) is 3.72. The highest BCUT2D eigenvalue weighted by Gasteiger charge is 2.22. The van der Waals surface area contributed by atoms with Crippen LogP contribution in [0.25, 0.3) is 0 Å². The van der Waals surface area contributed by atoms with Crippen LogP contribution in [0.1, 0.15) is 39.5 Å². The second-order valence-corrected chi connectivity index (χ2v) is 4.78. The summed E-state index contributed by atoms with van der Waals surface area (Å²) in [5.41, 5.74) is 5.43. The van der Waals surface area contributed by atoms with Gasteiger partial charge in [0.15, 0.2) is 0 Å². The van der Waals surface area contributed by atoms with Gasteiger partial charge in [-0.05, 0) is 18.8 Å². The van der Waals surface area contributed by atoms with Gasteiger partial charge in [-0.2, -0.15) is 0 Å². The van der Waals surface area contributed by atoms with Crippen molar-refractivity contribution in [3.63, 3.8) is 0 Å². The van der Waals surface area contributed by atoms with Gasteiger partial charge in [-0.1, -0.05) is 26.7 Å². The van der Waals surface area contributed by atoms with Gasteiger partial charge in [-0.25, -0.2) is 4.79 Å². The number of carbonyl (C=O) groups excluding carboxylic acids is 1. The van der Waals surface area contributed by atoms with Crippen LogP contribution in [0.4, 0.5) is 4.79 Å². The molecule has 5 heteroatoms. The van der Waals surface area contributed by atoms with Crippen molar-refractivity contribution in [1.82, 2.24) is 10.6 Å². The minimum atomic E-state index is -0.374. The number of nitrogens with one attached hydrogen (secondary N) is 3. The summed E-state index contributed by atoms with van der Waals surface area (Å²) < 4.78 is 0. The normalized spacial score (nSPS) is 18.4. The Bertz CT molecular complexity index is 259. The first-order valence-corrected chi connectivity index (χ1v) is 5.91. The molecule has 1 unspecified atom stereocenters. The second-order valence-electron chi connectivity index (χ2n) is 4.78. The van der Waals surface area contributed by atoms with Gasteiger partial charge in [0.2, 0.25) is 0 Å². The highest BCUT2D eigenvalue weighted by molar-refractivity contribution is 5.87. The fraction of sp³-hybridized carbons (Fsp3) is 0.818. The van der Waals surface area contributed by atoms with Gasteiger partial charge in [-0.3, -0.25) is 5.41 Å². The summed E-state index contributed by atoms with van der Waals surface area (Å²) in [7, 11) is 0. The lowest BCUT2D eigenvalue weighted by molar-refractivity contribution is 0.233. The zero-order valence-corrected chi connectivity index (χ0v) is 10.0. The Hall–Kier alpha value is -1.26. The van der Waals surface area contributed by atoms with Crippen LogP contribution in [0, 0.1) is 11.3 Å². The molecule has 0 aromatic carbocycles. The van der Waals surface area contributed by atoms with Gasteiger partial charge in [0.25, 0.3) is 0 Å². The molecule has 0 bridgehead atoms. The first-order chi connectivity index (χ1) is 7.50. The fourth-order valence-corrected chi connectivity index (χ4v) is 2.04. The molecule has 0 spiro atoms. The predicted octanol–water partition coefficient (Wildman–Crippen LogP) is 1.19. The van der Waals surface area contributed by atoms with E-state index in [9.17, 15) is 4.79 Å². The van der Waals surface area contributed by atoms with Crippen molar-refractivity contribution in [3.8, 4) is 0 Å². The molecule has 1 atom stereocenters. The van der Waals surface area contributed by atoms with Gasteiger partial charge in [-0.15, -0.1) is 0 Å². The highest BCUT2D eigenvalue weighted by atomic mass is 16.2. The molecule has 0 aromatic rings. The van der Waals surface area contributed by atoms with Crippen LogP contribution < -0.4 is 16.4 Å². The summed E-state index contributed by atoms with van der Waals surface area (Å²) in [5, 5.41) is 13.1. The lowest BCUT2D eigenvalue weighted by atomic mass is 10.0. The summed E-state index contributed by atoms with van der Waals surface area (Å²) in [4.78, 5) is 11.6. The SMILES string of the molecule is CC(C)C(NC(=O)NC1CCCC1)C(=N)N. The summed E-state index contributed by atoms with van der Waals surface area (Å²) in [5.74, 6) is 0.142. The molecule has 0 aliphatic heterocycles. The van der Waals surface area contributed by atoms with Crippen molar-refractivity contribution in [2.75, 3.05) is 0 Å². The maximum Gasteiger partial charge on any atom is 0.315 e. The Morgan fingerprint density at radius 3 is 2.38 bits per heavy atom. The highest BCUT2D eigenvalue weighted by Crippen LogP contribution is 2.17. The quantitative estimate of drug-likeness (QED) is 0.428. The van der Waals surface area contributed by atoms with E-state index in [2.05, 4.69) is 10.6 Å². The zero-order valence-electron chi connectivity index (χ0n) is 10.0. The molecule has 0 saturated heterocycles. The van der Waals surface area contributed by atoms with E-state index in [1.165, 1.54) is 12.8 Å². The van der Waals surface area contributed by atoms with Crippen LogP contribution in [-0.2, 0) is 0 Å². The van der Waals surface area contributed by atoms with E-state index in [0.29, 0.717) is 6.04 Å². The van der Waals surface area contributed by atoms with Crippen LogP contribution >= 0.6 is 0 Å². The zero-order chi connectivity index (χ0) is 12.1. The van der Waals surface area contributed by atoms with Crippen LogP contribution in [0.15, 0.2) is 0 Å². The molecule has 0 aromatic heterocycles. The molecule has 5 N–H and O–H groups in total. The molecule has 1 fully saturated rings. The minimum absolute atomic E-state index is 0.0107. The molecule has 1 aliphatic carbocycles. The first-order valence-electron chi connectivity index (χ1n) is 5.91. The fourth-order valence-electron chi connectivity index (χ4n) is 2.04. The van der Waals surface area contributed by atoms with E-state index < -0.39 is 0 Å². The number of amides is 2. The van der Waals surface area contributed by atoms with Crippen LogP contribution in [0.3, 0.4) is 0 Å². The number of carbonyl (C=O) groups is 1. The number of amidine groups is 1. The molecule has 1 saturated carbocycles. The van der Waals surface area contributed by atoms with Gasteiger partial charge in [0, 0.05) is 6.04 Å². The number of hydrogen-bond acceptors (Lipinski definition) is 2. The summed E-state index contributed by atoms with van der Waals surface area (Å²) >= 11 is 0. The van der Waals surface area contributed by atoms with Gasteiger partial charge in [0.1, 0.15) is 5.84 Å². The van der Waals surface area contributed by atoms with E-state index >= 15 is 0 Å². The van der Waals surface area contributed by atoms with E-state index in [1.54, 1.807) is 0 Å². The third-order valence-corrected chi connectivity index (χ3v) is 2.98. The average molecular weight is 226 g/mol. The van der Waals surface area contributed by atoms with Crippen molar-refractivity contribution in [2.24, 2.45) is 11.7 Å². The summed E-state index contributed by atoms with van der Waals surface area (Å²) in [6, 6.07) is -0.290. The molecule has 0 heterocycles. The predicted molar refractivity (Wildman–Crippen MR) is 64.5 cm³/mol. The molecule has 0 radical (unpaired) electrons. The van der Waals surface area contributed by atoms with E-state index in [-0.39, 0.29) is 23.8 Å². The van der Waals surface area contributed by atoms with E-state index in [4.69, 9.17) is 11.1 Å². The van der Waals surface area contributed by atoms with E-state index in [1.807, 2.05) is 13.8 Å². The molecule has 5 nitrogen and oxygen atoms in total. The molecule has 92 valence electrons. The lowest BCUT2D eigenvalue weighted by Gasteiger charge is -2.22. The minimum Gasteiger partial charge on any atom is -0.386 e. The van der Waals surface area contributed by atoms with Gasteiger partial charge < -0.3 is 16.4 Å². The summed E-state index contributed by atoms with van der Waals surface area (Å²) in [6.45, 7) is 3.86. The Balaban J connectivity index is 2.38. The van der Waals surface area contributed by atoms with Crippen LogP contribution in [0.2, 0.25) is 0 Å². The second kappa shape index (κ2) is 5.72. The number of rotatable bonds is 4. The Morgan fingerprint density at radius 1 is 1.38 bits per heavy atom. The van der Waals surface area contributed by atoms with E-state index in [0.717, 1.165) is 12.8 Å². The largest absolute Gasteiger partial charge is 0.386 e. The Kier molecular flexibility index (Phi) is 4.58. The molecular weight excluding hydrogens is 204 g/mol. The Morgan fingerprint density at radius 2 is 1.94 bits per heavy atom. The number of hydrogen-bond donors (Lipinski definition) is 4. The third-order valence-electron chi connectivity index (χ3n) is 2.98. The van der Waals surface area contributed by atoms with Crippen LogP contribution in [0.5, 0.6) is 0 Å². The van der Waals surface area contributed by atoms with Crippen molar-refractivity contribution >= 4 is 11.9 Å². The molecular formula is C11H22N4O. The van der Waals surface area contributed by atoms with Gasteiger partial charge in [0.05, 0.1) is 6.04 Å². The monoisotopic (exact) mass is 226 g/mol. The summed E-state index contributed by atoms with van der Waals surface area (Å²) in [6.07, 6.45) is 4.48. The standard InChI is InChI=1S/C11H22N4O/c1-7(2)9(10(12)13)15-11(16)14-8-5-3-4-6-8/h7-9H,3-6H2,1-2H3,(H3,12,13)(H2,14,15,16). The maximum absolute atomic E-state index is 11.6. The van der Waals surface area contributed by atoms with Crippen molar-refractivity contribution in [1.29, 1.82) is 5.41 Å². The Labute approximate surface area is 96.7 Å². The smallest absolute Gasteiger partial charge is 0.315 e. The number of urea groups is 1. The lowest BCUT2D eigenvalue weighted by Crippen LogP contribution is -2.52. The first kappa shape index (κ1) is 12.8. The number of nitrogens with two attached hydrogens (primary N) is 1. The topological polar surface area (TPSA) is 91.0 Å². The molecule has 1 rings (SSSR count). The van der Waals surface area contributed by atoms with Crippen molar-refractivity contribution in [3.05, 3.63) is 0 Å². The van der Waals surface area contributed by atoms with Crippen LogP contribution in [-0.4, -0.2) is 24.0 Å². The average Bonchev–Trinajstić information content (AvgIpc) is 2.65.